The third-order valence-electron chi connectivity index (χ3n) is 1.49. The Kier molecular flexibility index (Phi) is 102. The number of carbonyl (C=O) groups is 1. The smallest absolute Gasteiger partial charge is 0.303 e. The van der Waals surface area contributed by atoms with Crippen LogP contribution >= 0.6 is 0 Å². The molecule has 0 heterocycles. The van der Waals surface area contributed by atoms with Crippen molar-refractivity contribution in [3.8, 4) is 0 Å². The second kappa shape index (κ2) is 36.4. The van der Waals surface area contributed by atoms with Crippen LogP contribution in [0.15, 0.2) is 0 Å². The van der Waals surface area contributed by atoms with E-state index < -0.39 is 5.97 Å². The first-order valence-corrected chi connectivity index (χ1v) is 3.99. The number of rotatable bonds is 6. The molecular weight excluding hydrogens is 257 g/mol. The van der Waals surface area contributed by atoms with Gasteiger partial charge in [0.1, 0.15) is 0 Å². The van der Waals surface area contributed by atoms with Gasteiger partial charge in [-0.15, -0.1) is 0 Å². The molecule has 8 heteroatoms. The molecule has 7 nitrogen and oxygen atoms in total. The van der Waals surface area contributed by atoms with Crippen LogP contribution in [0.5, 0.6) is 0 Å². The van der Waals surface area contributed by atoms with Gasteiger partial charge in [0.25, 0.3) is 0 Å². The van der Waals surface area contributed by atoms with Crippen molar-refractivity contribution in [3.63, 3.8) is 0 Å². The first-order valence-electron chi connectivity index (χ1n) is 3.99. The van der Waals surface area contributed by atoms with E-state index in [4.69, 9.17) is 5.11 Å². The van der Waals surface area contributed by atoms with Crippen LogP contribution in [0.1, 0.15) is 45.4 Å². The van der Waals surface area contributed by atoms with Gasteiger partial charge in [-0.1, -0.05) is 32.6 Å². The maximum Gasteiger partial charge on any atom is 0.303 e. The summed E-state index contributed by atoms with van der Waals surface area (Å²) in [6, 6.07) is 0. The number of nitrogens with two attached hydrogens (primary N) is 1. The number of hydrogen-bond acceptors (Lipinski definition) is 5. The maximum absolute atomic E-state index is 10.0. The fourth-order valence-corrected chi connectivity index (χ4v) is 0.880. The van der Waals surface area contributed by atoms with Crippen molar-refractivity contribution in [1.82, 2.24) is 24.6 Å². The Morgan fingerprint density at radius 2 is 1.31 bits per heavy atom. The quantitative estimate of drug-likeness (QED) is 0.457. The Bertz CT molecular complexity index is 108. The van der Waals surface area contributed by atoms with Crippen LogP contribution in [-0.4, -0.2) is 11.1 Å². The van der Waals surface area contributed by atoms with Crippen molar-refractivity contribution >= 4 is 5.97 Å². The van der Waals surface area contributed by atoms with Crippen molar-refractivity contribution in [2.45, 2.75) is 45.4 Å². The molecular formula is C8H30CoN5O2-. The molecule has 0 aliphatic heterocycles. The van der Waals surface area contributed by atoms with Gasteiger partial charge in [-0.3, -0.25) is 4.79 Å². The van der Waals surface area contributed by atoms with Crippen LogP contribution in [0.3, 0.4) is 0 Å². The first-order chi connectivity index (χ1) is 4.77. The number of aliphatic carboxylic acids is 1. The van der Waals surface area contributed by atoms with Crippen LogP contribution < -0.4 is 24.6 Å². The van der Waals surface area contributed by atoms with E-state index in [1.807, 2.05) is 0 Å². The van der Waals surface area contributed by atoms with Crippen molar-refractivity contribution in [2.24, 2.45) is 0 Å². The van der Waals surface area contributed by atoms with Crippen molar-refractivity contribution in [2.75, 3.05) is 0 Å². The topological polar surface area (TPSA) is 211 Å². The summed E-state index contributed by atoms with van der Waals surface area (Å²) >= 11 is 0. The van der Waals surface area contributed by atoms with E-state index in [2.05, 4.69) is 6.92 Å². The van der Waals surface area contributed by atoms with Gasteiger partial charge in [0.05, 0.1) is 0 Å². The molecule has 0 aromatic heterocycles. The predicted molar refractivity (Wildman–Crippen MR) is 66.4 cm³/mol. The molecule has 0 bridgehead atoms. The fraction of sp³-hybridized carbons (Fsp3) is 0.875. The summed E-state index contributed by atoms with van der Waals surface area (Å²) in [7, 11) is 0. The van der Waals surface area contributed by atoms with E-state index in [9.17, 15) is 4.79 Å². The molecule has 0 amide bonds. The summed E-state index contributed by atoms with van der Waals surface area (Å²) in [5.41, 5.74) is 0. The van der Waals surface area contributed by atoms with Crippen LogP contribution in [-0.2, 0) is 21.6 Å². The average molecular weight is 287 g/mol. The molecule has 0 aliphatic carbocycles. The van der Waals surface area contributed by atoms with Crippen LogP contribution in [0, 0.1) is 0 Å². The summed E-state index contributed by atoms with van der Waals surface area (Å²) in [6.07, 6.45) is 5.88. The van der Waals surface area contributed by atoms with Crippen molar-refractivity contribution in [1.29, 1.82) is 0 Å². The van der Waals surface area contributed by atoms with E-state index in [1.165, 1.54) is 19.3 Å². The average Bonchev–Trinajstić information content (AvgIpc) is 1.87. The molecule has 0 aromatic carbocycles. The monoisotopic (exact) mass is 287 g/mol. The molecule has 0 rings (SSSR count). The van der Waals surface area contributed by atoms with Gasteiger partial charge in [0, 0.05) is 23.2 Å². The van der Waals surface area contributed by atoms with E-state index in [0.29, 0.717) is 6.42 Å². The van der Waals surface area contributed by atoms with Gasteiger partial charge in [0.2, 0.25) is 0 Å². The molecule has 0 atom stereocenters. The van der Waals surface area contributed by atoms with Crippen molar-refractivity contribution < 1.29 is 26.7 Å². The second-order valence-corrected chi connectivity index (χ2v) is 2.56. The molecule has 0 unspecified atom stereocenters. The number of carboxylic acids is 1. The van der Waals surface area contributed by atoms with E-state index in [-0.39, 0.29) is 47.5 Å². The Hall–Kier alpha value is -0.224. The summed E-state index contributed by atoms with van der Waals surface area (Å²) in [5, 5.41) is 8.27. The third kappa shape index (κ3) is 49.0. The van der Waals surface area contributed by atoms with E-state index >= 15 is 0 Å². The minimum Gasteiger partial charge on any atom is -0.693 e. The van der Waals surface area contributed by atoms with Crippen LogP contribution in [0.25, 0.3) is 6.15 Å². The zero-order valence-corrected chi connectivity index (χ0v) is 11.4. The maximum atomic E-state index is 10.0. The Labute approximate surface area is 109 Å². The first kappa shape index (κ1) is 44.7. The summed E-state index contributed by atoms with van der Waals surface area (Å²) in [4.78, 5) is 10.0. The predicted octanol–water partition coefficient (Wildman–Crippen LogP) is 3.79. The third-order valence-corrected chi connectivity index (χ3v) is 1.49. The van der Waals surface area contributed by atoms with Gasteiger partial charge < -0.3 is 35.9 Å². The second-order valence-electron chi connectivity index (χ2n) is 2.56. The molecule has 0 aliphatic rings. The summed E-state index contributed by atoms with van der Waals surface area (Å²) in [6.45, 7) is 2.15. The van der Waals surface area contributed by atoms with E-state index in [1.54, 1.807) is 0 Å². The van der Waals surface area contributed by atoms with Gasteiger partial charge in [-0.2, -0.15) is 0 Å². The van der Waals surface area contributed by atoms with Gasteiger partial charge in [-0.25, -0.2) is 0 Å². The minimum atomic E-state index is -0.670. The zero-order chi connectivity index (χ0) is 7.82. The molecule has 0 saturated carbocycles. The standard InChI is InChI=1S/C8H16O2.Co.4H3N.H2N/c1-2-3-4-5-6-7-8(9)10;;;;;;/h2-7H2,1H3,(H,9,10);;4*1H3;1H2/q;;;;;;-1. The Morgan fingerprint density at radius 1 is 0.938 bits per heavy atom. The molecule has 0 saturated heterocycles. The van der Waals surface area contributed by atoms with Gasteiger partial charge >= 0.3 is 5.97 Å². The van der Waals surface area contributed by atoms with Crippen molar-refractivity contribution in [3.05, 3.63) is 6.15 Å². The molecule has 1 radical (unpaired) electrons. The SMILES string of the molecule is CCCCCCCC(=O)O.N.N.N.N.[Co].[NH2-]. The molecule has 16 heavy (non-hydrogen) atoms. The Morgan fingerprint density at radius 3 is 1.62 bits per heavy atom. The van der Waals surface area contributed by atoms with E-state index in [0.717, 1.165) is 12.8 Å². The van der Waals surface area contributed by atoms with Crippen LogP contribution in [0.2, 0.25) is 0 Å². The molecule has 109 valence electrons. The van der Waals surface area contributed by atoms with Gasteiger partial charge in [0.15, 0.2) is 0 Å². The largest absolute Gasteiger partial charge is 0.693 e. The normalized spacial score (nSPS) is 6.06. The molecule has 0 aromatic rings. The summed E-state index contributed by atoms with van der Waals surface area (Å²) in [5.74, 6) is -0.670. The van der Waals surface area contributed by atoms with Crippen LogP contribution in [0.4, 0.5) is 0 Å². The number of carboxylic acid groups (broad SMARTS) is 1. The fourth-order valence-electron chi connectivity index (χ4n) is 0.880. The molecule has 0 fully saturated rings. The molecule has 15 N–H and O–H groups in total. The van der Waals surface area contributed by atoms with Gasteiger partial charge in [-0.05, 0) is 6.42 Å². The minimum absolute atomic E-state index is 0. The Balaban J connectivity index is -0.0000000270. The number of unbranched alkanes of at least 4 members (excludes halogenated alkanes) is 4. The zero-order valence-electron chi connectivity index (χ0n) is 10.3. The number of hydrogen-bond donors (Lipinski definition) is 5. The molecule has 0 spiro atoms. The summed E-state index contributed by atoms with van der Waals surface area (Å²) < 4.78 is 0.